The predicted molar refractivity (Wildman–Crippen MR) is 119 cm³/mol. The molecule has 0 bridgehead atoms. The summed E-state index contributed by atoms with van der Waals surface area (Å²) in [5.74, 6) is -1.81. The van der Waals surface area contributed by atoms with Crippen LogP contribution >= 0.6 is 0 Å². The topological polar surface area (TPSA) is 83.8 Å². The van der Waals surface area contributed by atoms with Gasteiger partial charge in [-0.2, -0.15) is 0 Å². The van der Waals surface area contributed by atoms with Crippen molar-refractivity contribution in [2.24, 2.45) is 0 Å². The van der Waals surface area contributed by atoms with Gasteiger partial charge in [-0.05, 0) is 12.5 Å². The third kappa shape index (κ3) is 4.07. The van der Waals surface area contributed by atoms with Crippen molar-refractivity contribution in [1.29, 1.82) is 0 Å². The maximum Gasteiger partial charge on any atom is 0.355 e. The number of hydrogen-bond donors (Lipinski definition) is 0. The van der Waals surface area contributed by atoms with E-state index in [9.17, 15) is 14.4 Å². The van der Waals surface area contributed by atoms with E-state index < -0.39 is 18.0 Å². The fourth-order valence-corrected chi connectivity index (χ4v) is 3.84. The molecule has 7 heteroatoms. The van der Waals surface area contributed by atoms with E-state index >= 15 is 0 Å². The first kappa shape index (κ1) is 23.0. The van der Waals surface area contributed by atoms with Gasteiger partial charge < -0.3 is 18.8 Å². The second kappa shape index (κ2) is 10.1. The Bertz CT molecular complexity index is 1120. The normalized spacial score (nSPS) is 11.6. The molecule has 7 nitrogen and oxygen atoms in total. The van der Waals surface area contributed by atoms with E-state index in [0.29, 0.717) is 23.4 Å². The lowest BCUT2D eigenvalue weighted by Crippen LogP contribution is -2.20. The Labute approximate surface area is 186 Å². The minimum absolute atomic E-state index is 0.0126. The molecule has 3 rings (SSSR count). The summed E-state index contributed by atoms with van der Waals surface area (Å²) in [6.45, 7) is 2.18. The molecule has 1 atom stereocenters. The Kier molecular flexibility index (Phi) is 7.22. The molecule has 0 spiro atoms. The zero-order chi connectivity index (χ0) is 23.3. The Hall–Kier alpha value is -3.71. The molecule has 0 N–H and O–H groups in total. The van der Waals surface area contributed by atoms with Crippen molar-refractivity contribution in [3.05, 3.63) is 83.0 Å². The molecule has 0 aliphatic heterocycles. The lowest BCUT2D eigenvalue weighted by molar-refractivity contribution is 0.0527. The van der Waals surface area contributed by atoms with Crippen LogP contribution in [0.25, 0.3) is 11.3 Å². The first-order valence-corrected chi connectivity index (χ1v) is 10.1. The molecule has 3 aromatic rings. The zero-order valence-electron chi connectivity index (χ0n) is 18.5. The summed E-state index contributed by atoms with van der Waals surface area (Å²) in [6.07, 6.45) is -1.15. The van der Waals surface area contributed by atoms with E-state index in [1.54, 1.807) is 34.9 Å². The Morgan fingerprint density at radius 1 is 0.844 bits per heavy atom. The molecule has 1 heterocycles. The largest absolute Gasteiger partial charge is 0.465 e. The van der Waals surface area contributed by atoms with Crippen molar-refractivity contribution in [2.75, 3.05) is 21.3 Å². The molecule has 2 aromatic carbocycles. The van der Waals surface area contributed by atoms with E-state index in [1.165, 1.54) is 21.3 Å². The Balaban J connectivity index is 2.43. The number of ketones is 1. The number of aromatic nitrogens is 1. The lowest BCUT2D eigenvalue weighted by atomic mass is 9.93. The maximum atomic E-state index is 13.5. The van der Waals surface area contributed by atoms with Crippen LogP contribution < -0.4 is 0 Å². The van der Waals surface area contributed by atoms with Crippen molar-refractivity contribution in [2.45, 2.75) is 19.6 Å². The number of benzene rings is 2. The van der Waals surface area contributed by atoms with Gasteiger partial charge >= 0.3 is 11.9 Å². The van der Waals surface area contributed by atoms with Gasteiger partial charge in [0.1, 0.15) is 11.8 Å². The van der Waals surface area contributed by atoms with Crippen LogP contribution in [0.3, 0.4) is 0 Å². The van der Waals surface area contributed by atoms with Gasteiger partial charge in [-0.25, -0.2) is 9.59 Å². The molecule has 0 radical (unpaired) electrons. The first-order valence-electron chi connectivity index (χ1n) is 10.1. The highest BCUT2D eigenvalue weighted by Crippen LogP contribution is 2.39. The summed E-state index contributed by atoms with van der Waals surface area (Å²) in [7, 11) is 3.85. The van der Waals surface area contributed by atoms with E-state index in [1.807, 2.05) is 37.3 Å². The highest BCUT2D eigenvalue weighted by atomic mass is 16.5. The van der Waals surface area contributed by atoms with Crippen LogP contribution in [0.1, 0.15) is 49.8 Å². The zero-order valence-corrected chi connectivity index (χ0v) is 18.5. The molecule has 166 valence electrons. The molecule has 0 saturated heterocycles. The minimum atomic E-state index is -1.15. The van der Waals surface area contributed by atoms with Gasteiger partial charge in [0.2, 0.25) is 0 Å². The summed E-state index contributed by atoms with van der Waals surface area (Å²) in [5, 5.41) is 0. The molecule has 0 aliphatic rings. The number of ether oxygens (including phenoxy) is 3. The number of carbonyl (C=O) groups excluding carboxylic acids is 3. The maximum absolute atomic E-state index is 13.5. The van der Waals surface area contributed by atoms with Gasteiger partial charge in [-0.1, -0.05) is 60.7 Å². The van der Waals surface area contributed by atoms with Crippen molar-refractivity contribution >= 4 is 17.7 Å². The van der Waals surface area contributed by atoms with Gasteiger partial charge in [-0.3, -0.25) is 4.79 Å². The molecule has 32 heavy (non-hydrogen) atoms. The average molecular weight is 435 g/mol. The van der Waals surface area contributed by atoms with Gasteiger partial charge in [0.05, 0.1) is 25.5 Å². The molecule has 0 aliphatic carbocycles. The third-order valence-electron chi connectivity index (χ3n) is 5.23. The number of nitrogens with zero attached hydrogens (tertiary/aromatic N) is 1. The van der Waals surface area contributed by atoms with Gasteiger partial charge in [0.15, 0.2) is 5.78 Å². The SMILES string of the molecule is CCn1c(C(=O)OC)c(C(=O)OC)c(C(OC)C(=O)c2ccccc2)c1-c1ccccc1. The highest BCUT2D eigenvalue weighted by molar-refractivity contribution is 6.09. The van der Waals surface area contributed by atoms with Gasteiger partial charge in [-0.15, -0.1) is 0 Å². The lowest BCUT2D eigenvalue weighted by Gasteiger charge is -2.18. The summed E-state index contributed by atoms with van der Waals surface area (Å²) in [5.41, 5.74) is 1.88. The van der Waals surface area contributed by atoms with Gasteiger partial charge in [0.25, 0.3) is 0 Å². The summed E-state index contributed by atoms with van der Waals surface area (Å²) in [6, 6.07) is 17.8. The second-order valence-corrected chi connectivity index (χ2v) is 6.93. The number of hydrogen-bond acceptors (Lipinski definition) is 6. The van der Waals surface area contributed by atoms with Crippen molar-refractivity contribution in [3.8, 4) is 11.3 Å². The summed E-state index contributed by atoms with van der Waals surface area (Å²) >= 11 is 0. The van der Waals surface area contributed by atoms with E-state index in [4.69, 9.17) is 14.2 Å². The van der Waals surface area contributed by atoms with E-state index in [0.717, 1.165) is 0 Å². The number of esters is 2. The molecule has 0 fully saturated rings. The molecule has 1 aromatic heterocycles. The number of rotatable bonds is 8. The smallest absolute Gasteiger partial charge is 0.355 e. The Morgan fingerprint density at radius 3 is 1.91 bits per heavy atom. The monoisotopic (exact) mass is 435 g/mol. The van der Waals surface area contributed by atoms with Crippen LogP contribution in [0, 0.1) is 0 Å². The number of methoxy groups -OCH3 is 3. The average Bonchev–Trinajstić information content (AvgIpc) is 3.19. The van der Waals surface area contributed by atoms with E-state index in [-0.39, 0.29) is 22.6 Å². The molecule has 1 unspecified atom stereocenters. The van der Waals surface area contributed by atoms with Crippen LogP contribution in [0.5, 0.6) is 0 Å². The van der Waals surface area contributed by atoms with Crippen molar-refractivity contribution in [3.63, 3.8) is 0 Å². The molecule has 0 amide bonds. The molecular formula is C25H25NO6. The van der Waals surface area contributed by atoms with Crippen molar-refractivity contribution < 1.29 is 28.6 Å². The van der Waals surface area contributed by atoms with Crippen LogP contribution in [0.2, 0.25) is 0 Å². The highest BCUT2D eigenvalue weighted by Gasteiger charge is 2.38. The first-order chi connectivity index (χ1) is 15.5. The van der Waals surface area contributed by atoms with E-state index in [2.05, 4.69) is 0 Å². The molecule has 0 saturated carbocycles. The standard InChI is InChI=1S/C25H25NO6/c1-5-26-20(16-12-8-6-9-13-16)18(19(24(28)31-3)21(26)25(29)32-4)23(30-2)22(27)17-14-10-7-11-15-17/h6-15,23H,5H2,1-4H3. The van der Waals surface area contributed by atoms with Crippen molar-refractivity contribution in [1.82, 2.24) is 4.57 Å². The second-order valence-electron chi connectivity index (χ2n) is 6.93. The van der Waals surface area contributed by atoms with Crippen LogP contribution in [0.15, 0.2) is 60.7 Å². The fraction of sp³-hybridized carbons (Fsp3) is 0.240. The van der Waals surface area contributed by atoms with Crippen LogP contribution in [0.4, 0.5) is 0 Å². The third-order valence-corrected chi connectivity index (χ3v) is 5.23. The molecular weight excluding hydrogens is 410 g/mol. The van der Waals surface area contributed by atoms with Crippen LogP contribution in [-0.4, -0.2) is 43.6 Å². The Morgan fingerprint density at radius 2 is 1.41 bits per heavy atom. The fourth-order valence-electron chi connectivity index (χ4n) is 3.84. The number of carbonyl (C=O) groups is 3. The number of Topliss-reactive ketones (excluding diaryl/α,β-unsaturated/α-hetero) is 1. The quantitative estimate of drug-likeness (QED) is 0.387. The predicted octanol–water partition coefficient (Wildman–Crippen LogP) is 4.32. The van der Waals surface area contributed by atoms with Crippen LogP contribution in [-0.2, 0) is 20.8 Å². The summed E-state index contributed by atoms with van der Waals surface area (Å²) in [4.78, 5) is 39.2. The van der Waals surface area contributed by atoms with Gasteiger partial charge in [0, 0.05) is 24.8 Å². The minimum Gasteiger partial charge on any atom is -0.465 e. The summed E-state index contributed by atoms with van der Waals surface area (Å²) < 4.78 is 17.3.